The third kappa shape index (κ3) is 5.83. The number of rotatable bonds is 9. The van der Waals surface area contributed by atoms with Crippen LogP contribution in [-0.2, 0) is 9.53 Å². The molecule has 2 unspecified atom stereocenters. The van der Waals surface area contributed by atoms with E-state index in [9.17, 15) is 4.79 Å². The molecule has 0 saturated carbocycles. The zero-order valence-electron chi connectivity index (χ0n) is 12.7. The van der Waals surface area contributed by atoms with Gasteiger partial charge in [-0.1, -0.05) is 13.8 Å². The van der Waals surface area contributed by atoms with Crippen molar-refractivity contribution >= 4 is 5.97 Å². The van der Waals surface area contributed by atoms with Crippen LogP contribution in [-0.4, -0.2) is 42.1 Å². The van der Waals surface area contributed by atoms with Crippen LogP contribution in [0.1, 0.15) is 53.9 Å². The van der Waals surface area contributed by atoms with Gasteiger partial charge in [-0.05, 0) is 53.1 Å². The Hall–Kier alpha value is -0.610. The van der Waals surface area contributed by atoms with Gasteiger partial charge in [-0.2, -0.15) is 0 Å². The van der Waals surface area contributed by atoms with Gasteiger partial charge in [-0.3, -0.25) is 4.79 Å². The molecule has 0 heterocycles. The highest BCUT2D eigenvalue weighted by molar-refractivity contribution is 5.79. The molecule has 0 saturated heterocycles. The van der Waals surface area contributed by atoms with E-state index in [1.54, 1.807) is 13.8 Å². The molecule has 0 aromatic rings. The van der Waals surface area contributed by atoms with Crippen LogP contribution in [0.2, 0.25) is 0 Å². The van der Waals surface area contributed by atoms with Gasteiger partial charge in [0.2, 0.25) is 0 Å². The van der Waals surface area contributed by atoms with Crippen LogP contribution in [0.15, 0.2) is 0 Å². The van der Waals surface area contributed by atoms with Crippen LogP contribution in [0.5, 0.6) is 0 Å². The minimum atomic E-state index is -0.856. The third-order valence-electron chi connectivity index (χ3n) is 3.50. The molecular formula is C14H30N2O2. The Kier molecular flexibility index (Phi) is 8.20. The summed E-state index contributed by atoms with van der Waals surface area (Å²) in [5.41, 5.74) is 5.13. The van der Waals surface area contributed by atoms with E-state index >= 15 is 0 Å². The van der Waals surface area contributed by atoms with E-state index in [-0.39, 0.29) is 5.97 Å². The standard InChI is InChI=1S/C14H30N2O2/c1-6-12(4)16(7-2)11-9-10-14(5,15)13(17)18-8-3/h12H,6-11,15H2,1-5H3. The maximum Gasteiger partial charge on any atom is 0.325 e. The molecular weight excluding hydrogens is 228 g/mol. The molecule has 2 atom stereocenters. The van der Waals surface area contributed by atoms with Crippen molar-refractivity contribution in [2.24, 2.45) is 5.73 Å². The minimum absolute atomic E-state index is 0.295. The molecule has 0 aromatic carbocycles. The summed E-state index contributed by atoms with van der Waals surface area (Å²) in [6.07, 6.45) is 2.73. The zero-order valence-corrected chi connectivity index (χ0v) is 12.7. The van der Waals surface area contributed by atoms with Gasteiger partial charge in [0.1, 0.15) is 5.54 Å². The van der Waals surface area contributed by atoms with E-state index in [1.165, 1.54) is 0 Å². The number of carbonyl (C=O) groups excluding carboxylic acids is 1. The maximum atomic E-state index is 11.6. The fourth-order valence-electron chi connectivity index (χ4n) is 2.00. The first-order chi connectivity index (χ1) is 8.38. The Balaban J connectivity index is 4.11. The molecule has 4 nitrogen and oxygen atoms in total. The molecule has 4 heteroatoms. The van der Waals surface area contributed by atoms with E-state index in [4.69, 9.17) is 10.5 Å². The number of hydrogen-bond donors (Lipinski definition) is 1. The van der Waals surface area contributed by atoms with Crippen molar-refractivity contribution in [1.82, 2.24) is 4.90 Å². The Morgan fingerprint density at radius 3 is 2.44 bits per heavy atom. The summed E-state index contributed by atoms with van der Waals surface area (Å²) in [6, 6.07) is 0.585. The second-order valence-corrected chi connectivity index (χ2v) is 5.13. The number of esters is 1. The summed E-state index contributed by atoms with van der Waals surface area (Å²) in [4.78, 5) is 14.1. The zero-order chi connectivity index (χ0) is 14.2. The molecule has 2 N–H and O–H groups in total. The fraction of sp³-hybridized carbons (Fsp3) is 0.929. The average molecular weight is 258 g/mol. The lowest BCUT2D eigenvalue weighted by molar-refractivity contribution is -0.149. The molecule has 0 aliphatic rings. The normalized spacial score (nSPS) is 16.4. The summed E-state index contributed by atoms with van der Waals surface area (Å²) >= 11 is 0. The molecule has 0 amide bonds. The highest BCUT2D eigenvalue weighted by atomic mass is 16.5. The van der Waals surface area contributed by atoms with E-state index in [0.29, 0.717) is 19.1 Å². The SMILES string of the molecule is CCOC(=O)C(C)(N)CCCN(CC)C(C)CC. The molecule has 0 aliphatic heterocycles. The molecule has 0 rings (SSSR count). The van der Waals surface area contributed by atoms with Crippen molar-refractivity contribution in [3.63, 3.8) is 0 Å². The van der Waals surface area contributed by atoms with Gasteiger partial charge in [-0.15, -0.1) is 0 Å². The maximum absolute atomic E-state index is 11.6. The van der Waals surface area contributed by atoms with Crippen molar-refractivity contribution in [2.75, 3.05) is 19.7 Å². The Morgan fingerprint density at radius 2 is 2.00 bits per heavy atom. The molecule has 0 aliphatic carbocycles. The molecule has 0 spiro atoms. The van der Waals surface area contributed by atoms with Gasteiger partial charge in [0.25, 0.3) is 0 Å². The van der Waals surface area contributed by atoms with Crippen molar-refractivity contribution in [1.29, 1.82) is 0 Å². The highest BCUT2D eigenvalue weighted by Gasteiger charge is 2.29. The lowest BCUT2D eigenvalue weighted by Crippen LogP contribution is -2.46. The van der Waals surface area contributed by atoms with Crippen LogP contribution in [0, 0.1) is 0 Å². The smallest absolute Gasteiger partial charge is 0.325 e. The Morgan fingerprint density at radius 1 is 1.39 bits per heavy atom. The van der Waals surface area contributed by atoms with Crippen molar-refractivity contribution in [3.8, 4) is 0 Å². The first-order valence-corrected chi connectivity index (χ1v) is 7.09. The first kappa shape index (κ1) is 17.4. The summed E-state index contributed by atoms with van der Waals surface area (Å²) in [5, 5.41) is 0. The van der Waals surface area contributed by atoms with E-state index < -0.39 is 5.54 Å². The number of ether oxygens (including phenoxy) is 1. The number of nitrogens with zero attached hydrogens (tertiary/aromatic N) is 1. The number of carbonyl (C=O) groups is 1. The van der Waals surface area contributed by atoms with E-state index in [0.717, 1.165) is 25.9 Å². The number of hydrogen-bond acceptors (Lipinski definition) is 4. The first-order valence-electron chi connectivity index (χ1n) is 7.09. The van der Waals surface area contributed by atoms with Gasteiger partial charge in [0.15, 0.2) is 0 Å². The molecule has 0 fully saturated rings. The molecule has 0 aromatic heterocycles. The van der Waals surface area contributed by atoms with Gasteiger partial charge in [0.05, 0.1) is 6.61 Å². The summed E-state index contributed by atoms with van der Waals surface area (Å²) < 4.78 is 4.98. The van der Waals surface area contributed by atoms with Gasteiger partial charge < -0.3 is 15.4 Å². The molecule has 18 heavy (non-hydrogen) atoms. The van der Waals surface area contributed by atoms with Crippen LogP contribution >= 0.6 is 0 Å². The lowest BCUT2D eigenvalue weighted by Gasteiger charge is -2.28. The second-order valence-electron chi connectivity index (χ2n) is 5.13. The van der Waals surface area contributed by atoms with Gasteiger partial charge >= 0.3 is 5.97 Å². The minimum Gasteiger partial charge on any atom is -0.465 e. The highest BCUT2D eigenvalue weighted by Crippen LogP contribution is 2.13. The molecule has 0 radical (unpaired) electrons. The van der Waals surface area contributed by atoms with Gasteiger partial charge in [-0.25, -0.2) is 0 Å². The predicted octanol–water partition coefficient (Wildman–Crippen LogP) is 2.17. The van der Waals surface area contributed by atoms with Crippen LogP contribution in [0.3, 0.4) is 0 Å². The Labute approximate surface area is 112 Å². The average Bonchev–Trinajstić information content (AvgIpc) is 2.34. The van der Waals surface area contributed by atoms with E-state index in [2.05, 4.69) is 25.7 Å². The van der Waals surface area contributed by atoms with Crippen LogP contribution < -0.4 is 5.73 Å². The monoisotopic (exact) mass is 258 g/mol. The van der Waals surface area contributed by atoms with Crippen molar-refractivity contribution < 1.29 is 9.53 Å². The van der Waals surface area contributed by atoms with Crippen molar-refractivity contribution in [3.05, 3.63) is 0 Å². The van der Waals surface area contributed by atoms with Crippen LogP contribution in [0.25, 0.3) is 0 Å². The van der Waals surface area contributed by atoms with E-state index in [1.807, 2.05) is 0 Å². The molecule has 108 valence electrons. The summed E-state index contributed by atoms with van der Waals surface area (Å²) in [5.74, 6) is -0.295. The predicted molar refractivity (Wildman–Crippen MR) is 75.5 cm³/mol. The lowest BCUT2D eigenvalue weighted by atomic mass is 9.97. The largest absolute Gasteiger partial charge is 0.465 e. The second kappa shape index (κ2) is 8.48. The summed E-state index contributed by atoms with van der Waals surface area (Å²) in [7, 11) is 0. The quantitative estimate of drug-likeness (QED) is 0.644. The molecule has 0 bridgehead atoms. The Bertz CT molecular complexity index is 242. The van der Waals surface area contributed by atoms with Gasteiger partial charge in [0, 0.05) is 6.04 Å². The summed E-state index contributed by atoms with van der Waals surface area (Å²) in [6.45, 7) is 12.6. The van der Waals surface area contributed by atoms with Crippen molar-refractivity contribution in [2.45, 2.75) is 65.5 Å². The third-order valence-corrected chi connectivity index (χ3v) is 3.50. The van der Waals surface area contributed by atoms with Crippen LogP contribution in [0.4, 0.5) is 0 Å². The fourth-order valence-corrected chi connectivity index (χ4v) is 2.00. The topological polar surface area (TPSA) is 55.6 Å². The number of nitrogens with two attached hydrogens (primary N) is 1.